The molecule has 2 aromatic rings. The summed E-state index contributed by atoms with van der Waals surface area (Å²) < 4.78 is 57.8. The van der Waals surface area contributed by atoms with Gasteiger partial charge < -0.3 is 19.3 Å². The van der Waals surface area contributed by atoms with Crippen LogP contribution in [0.5, 0.6) is 11.5 Å². The molecule has 204 valence electrons. The summed E-state index contributed by atoms with van der Waals surface area (Å²) in [7, 11) is 0. The summed E-state index contributed by atoms with van der Waals surface area (Å²) in [6.07, 6.45) is 4.47. The van der Waals surface area contributed by atoms with Gasteiger partial charge in [-0.3, -0.25) is 9.59 Å². The molecule has 0 aromatic heterocycles. The second kappa shape index (κ2) is 15.7. The summed E-state index contributed by atoms with van der Waals surface area (Å²) >= 11 is 0. The predicted octanol–water partition coefficient (Wildman–Crippen LogP) is 6.46. The number of unbranched alkanes of at least 4 members (excludes halogenated alkanes) is 4. The summed E-state index contributed by atoms with van der Waals surface area (Å²) in [5, 5.41) is 0. The first-order valence-corrected chi connectivity index (χ1v) is 12.4. The van der Waals surface area contributed by atoms with Crippen LogP contribution in [-0.4, -0.2) is 61.0 Å². The van der Waals surface area contributed by atoms with Crippen molar-refractivity contribution in [2.75, 3.05) is 26.2 Å². The fraction of sp³-hybridized carbons (Fsp3) is 0.481. The Bertz CT molecular complexity index is 878. The van der Waals surface area contributed by atoms with Crippen molar-refractivity contribution in [3.8, 4) is 11.5 Å². The van der Waals surface area contributed by atoms with Crippen LogP contribution in [0.15, 0.2) is 48.5 Å². The topological polar surface area (TPSA) is 59.1 Å². The van der Waals surface area contributed by atoms with Gasteiger partial charge in [0.2, 0.25) is 0 Å². The minimum atomic E-state index is -2.91. The molecule has 0 N–H and O–H groups in total. The number of carbonyl (C=O) groups is 2. The maximum Gasteiger partial charge on any atom is 0.387 e. The second-order valence-electron chi connectivity index (χ2n) is 8.34. The number of rotatable bonds is 16. The molecule has 0 aliphatic carbocycles. The zero-order valence-corrected chi connectivity index (χ0v) is 21.2. The highest BCUT2D eigenvalue weighted by Crippen LogP contribution is 2.18. The van der Waals surface area contributed by atoms with Crippen molar-refractivity contribution in [2.24, 2.45) is 0 Å². The molecule has 0 atom stereocenters. The number of amides is 2. The van der Waals surface area contributed by atoms with Crippen molar-refractivity contribution in [2.45, 2.75) is 59.2 Å². The van der Waals surface area contributed by atoms with Gasteiger partial charge >= 0.3 is 13.2 Å². The molecular weight excluding hydrogens is 492 g/mol. The van der Waals surface area contributed by atoms with E-state index in [2.05, 4.69) is 9.47 Å². The quantitative estimate of drug-likeness (QED) is 0.186. The fourth-order valence-electron chi connectivity index (χ4n) is 3.87. The van der Waals surface area contributed by atoms with Crippen LogP contribution in [-0.2, 0) is 0 Å². The first kappa shape index (κ1) is 29.9. The van der Waals surface area contributed by atoms with Gasteiger partial charge in [0.1, 0.15) is 11.5 Å². The van der Waals surface area contributed by atoms with Gasteiger partial charge in [-0.15, -0.1) is 0 Å². The first-order chi connectivity index (χ1) is 17.7. The largest absolute Gasteiger partial charge is 0.435 e. The molecular formula is C27H34F4N2O4. The summed E-state index contributed by atoms with van der Waals surface area (Å²) in [4.78, 5) is 28.8. The molecule has 0 heterocycles. The molecule has 0 unspecified atom stereocenters. The fourth-order valence-corrected chi connectivity index (χ4v) is 3.87. The van der Waals surface area contributed by atoms with Gasteiger partial charge in [0.25, 0.3) is 11.8 Å². The van der Waals surface area contributed by atoms with Crippen LogP contribution >= 0.6 is 0 Å². The lowest BCUT2D eigenvalue weighted by molar-refractivity contribution is -0.0505. The highest BCUT2D eigenvalue weighted by molar-refractivity contribution is 5.94. The van der Waals surface area contributed by atoms with Gasteiger partial charge in [-0.05, 0) is 75.2 Å². The van der Waals surface area contributed by atoms with Gasteiger partial charge in [0, 0.05) is 37.3 Å². The van der Waals surface area contributed by atoms with Crippen molar-refractivity contribution < 1.29 is 36.6 Å². The van der Waals surface area contributed by atoms with E-state index < -0.39 is 13.2 Å². The second-order valence-corrected chi connectivity index (χ2v) is 8.34. The molecule has 0 spiro atoms. The Hall–Kier alpha value is -3.30. The number of hydrogen-bond acceptors (Lipinski definition) is 4. The van der Waals surface area contributed by atoms with Crippen LogP contribution in [0.3, 0.4) is 0 Å². The first-order valence-electron chi connectivity index (χ1n) is 12.4. The SMILES string of the molecule is CCN(CCCCCCCN(CC)C(=O)c1ccc(OC(F)F)cc1)C(=O)c1ccc(OC(F)F)cc1. The molecule has 2 rings (SSSR count). The number of nitrogens with zero attached hydrogens (tertiary/aromatic N) is 2. The summed E-state index contributed by atoms with van der Waals surface area (Å²) in [5.41, 5.74) is 0.841. The number of hydrogen-bond donors (Lipinski definition) is 0. The van der Waals surface area contributed by atoms with E-state index in [1.807, 2.05) is 13.8 Å². The van der Waals surface area contributed by atoms with Crippen LogP contribution in [0.2, 0.25) is 0 Å². The maximum atomic E-state index is 12.7. The lowest BCUT2D eigenvalue weighted by atomic mass is 10.1. The molecule has 0 aliphatic rings. The maximum absolute atomic E-state index is 12.7. The molecule has 0 saturated heterocycles. The number of alkyl halides is 4. The summed E-state index contributed by atoms with van der Waals surface area (Å²) in [6, 6.07) is 11.3. The number of halogens is 4. The number of carbonyl (C=O) groups excluding carboxylic acids is 2. The average Bonchev–Trinajstić information content (AvgIpc) is 2.87. The molecule has 0 saturated carbocycles. The van der Waals surface area contributed by atoms with Gasteiger partial charge in [-0.1, -0.05) is 19.3 Å². The third-order valence-corrected chi connectivity index (χ3v) is 5.85. The third-order valence-electron chi connectivity index (χ3n) is 5.85. The summed E-state index contributed by atoms with van der Waals surface area (Å²) in [6.45, 7) is 0.228. The lowest BCUT2D eigenvalue weighted by Gasteiger charge is -2.22. The van der Waals surface area contributed by atoms with E-state index in [0.717, 1.165) is 32.1 Å². The molecule has 6 nitrogen and oxygen atoms in total. The molecule has 2 aromatic carbocycles. The van der Waals surface area contributed by atoms with Crippen LogP contribution in [0.1, 0.15) is 66.7 Å². The lowest BCUT2D eigenvalue weighted by Crippen LogP contribution is -2.32. The molecule has 0 aliphatic heterocycles. The van der Waals surface area contributed by atoms with E-state index in [1.54, 1.807) is 9.80 Å². The normalized spacial score (nSPS) is 11.0. The molecule has 0 bridgehead atoms. The Balaban J connectivity index is 1.69. The van der Waals surface area contributed by atoms with E-state index >= 15 is 0 Å². The predicted molar refractivity (Wildman–Crippen MR) is 132 cm³/mol. The van der Waals surface area contributed by atoms with Crippen molar-refractivity contribution in [1.82, 2.24) is 9.80 Å². The van der Waals surface area contributed by atoms with Crippen LogP contribution in [0, 0.1) is 0 Å². The van der Waals surface area contributed by atoms with Gasteiger partial charge in [0.05, 0.1) is 0 Å². The van der Waals surface area contributed by atoms with Gasteiger partial charge in [-0.25, -0.2) is 0 Å². The van der Waals surface area contributed by atoms with Crippen LogP contribution in [0.25, 0.3) is 0 Å². The number of ether oxygens (including phenoxy) is 2. The Kier molecular flexibility index (Phi) is 12.7. The molecule has 10 heteroatoms. The van der Waals surface area contributed by atoms with E-state index in [4.69, 9.17) is 0 Å². The zero-order valence-electron chi connectivity index (χ0n) is 21.2. The zero-order chi connectivity index (χ0) is 27.2. The molecule has 0 fully saturated rings. The molecule has 2 amide bonds. The summed E-state index contributed by atoms with van der Waals surface area (Å²) in [5.74, 6) is -0.292. The minimum Gasteiger partial charge on any atom is -0.435 e. The minimum absolute atomic E-state index is 0.00954. The average molecular weight is 527 g/mol. The van der Waals surface area contributed by atoms with Gasteiger partial charge in [-0.2, -0.15) is 17.6 Å². The standard InChI is InChI=1S/C27H34F4N2O4/c1-3-32(24(34)20-10-14-22(15-11-20)36-26(28)29)18-8-6-5-7-9-19-33(4-2)25(35)21-12-16-23(17-13-21)37-27(30)31/h10-17,26-27H,3-9,18-19H2,1-2H3. The van der Waals surface area contributed by atoms with Crippen molar-refractivity contribution in [3.63, 3.8) is 0 Å². The third kappa shape index (κ3) is 10.3. The van der Waals surface area contributed by atoms with E-state index in [1.165, 1.54) is 48.5 Å². The Morgan fingerprint density at radius 2 is 0.946 bits per heavy atom. The Morgan fingerprint density at radius 3 is 1.24 bits per heavy atom. The van der Waals surface area contributed by atoms with E-state index in [0.29, 0.717) is 37.3 Å². The highest BCUT2D eigenvalue weighted by atomic mass is 19.3. The van der Waals surface area contributed by atoms with Gasteiger partial charge in [0.15, 0.2) is 0 Å². The van der Waals surface area contributed by atoms with Crippen LogP contribution < -0.4 is 9.47 Å². The monoisotopic (exact) mass is 526 g/mol. The number of benzene rings is 2. The highest BCUT2D eigenvalue weighted by Gasteiger charge is 2.16. The van der Waals surface area contributed by atoms with Crippen molar-refractivity contribution >= 4 is 11.8 Å². The Morgan fingerprint density at radius 1 is 0.622 bits per heavy atom. The van der Waals surface area contributed by atoms with E-state index in [9.17, 15) is 27.2 Å². The molecule has 0 radical (unpaired) electrons. The van der Waals surface area contributed by atoms with E-state index in [-0.39, 0.29) is 23.3 Å². The Labute approximate surface area is 215 Å². The smallest absolute Gasteiger partial charge is 0.387 e. The van der Waals surface area contributed by atoms with Crippen molar-refractivity contribution in [1.29, 1.82) is 0 Å². The van der Waals surface area contributed by atoms with Crippen molar-refractivity contribution in [3.05, 3.63) is 59.7 Å². The van der Waals surface area contributed by atoms with Crippen LogP contribution in [0.4, 0.5) is 17.6 Å². The molecule has 37 heavy (non-hydrogen) atoms.